The highest BCUT2D eigenvalue weighted by Crippen LogP contribution is 2.22. The molecule has 18 heavy (non-hydrogen) atoms. The number of nitrogens with zero attached hydrogens (tertiary/aromatic N) is 2. The fourth-order valence-corrected chi connectivity index (χ4v) is 3.15. The number of thioether (sulfide) groups is 1. The quantitative estimate of drug-likeness (QED) is 0.784. The van der Waals surface area contributed by atoms with Crippen molar-refractivity contribution in [2.24, 2.45) is 0 Å². The van der Waals surface area contributed by atoms with Gasteiger partial charge in [0.2, 0.25) is 5.91 Å². The average Bonchev–Trinajstić information content (AvgIpc) is 2.45. The molecule has 1 aromatic heterocycles. The van der Waals surface area contributed by atoms with Crippen LogP contribution >= 0.6 is 11.8 Å². The van der Waals surface area contributed by atoms with Crippen LogP contribution in [-0.2, 0) is 4.79 Å². The Morgan fingerprint density at radius 1 is 1.50 bits per heavy atom. The van der Waals surface area contributed by atoms with Crippen molar-refractivity contribution in [3.8, 4) is 0 Å². The molecule has 0 aliphatic carbocycles. The zero-order valence-electron chi connectivity index (χ0n) is 10.8. The van der Waals surface area contributed by atoms with Crippen LogP contribution in [0.2, 0.25) is 0 Å². The van der Waals surface area contributed by atoms with Crippen LogP contribution < -0.4 is 0 Å². The van der Waals surface area contributed by atoms with E-state index in [1.54, 1.807) is 6.20 Å². The van der Waals surface area contributed by atoms with Crippen LogP contribution in [0.3, 0.4) is 0 Å². The van der Waals surface area contributed by atoms with Crippen LogP contribution in [-0.4, -0.2) is 34.1 Å². The van der Waals surface area contributed by atoms with Crippen molar-refractivity contribution in [1.29, 1.82) is 0 Å². The van der Waals surface area contributed by atoms with Crippen molar-refractivity contribution in [2.75, 3.05) is 12.3 Å². The van der Waals surface area contributed by atoms with Crippen LogP contribution in [0.5, 0.6) is 0 Å². The Bertz CT molecular complexity index is 383. The molecule has 0 bridgehead atoms. The molecule has 1 fully saturated rings. The van der Waals surface area contributed by atoms with E-state index < -0.39 is 0 Å². The van der Waals surface area contributed by atoms with Gasteiger partial charge in [-0.1, -0.05) is 24.8 Å². The lowest BCUT2D eigenvalue weighted by Crippen LogP contribution is -2.44. The molecule has 2 heterocycles. The second-order valence-corrected chi connectivity index (χ2v) is 5.60. The van der Waals surface area contributed by atoms with E-state index in [0.717, 1.165) is 30.8 Å². The minimum absolute atomic E-state index is 0.261. The number of hydrogen-bond acceptors (Lipinski definition) is 3. The van der Waals surface area contributed by atoms with Crippen molar-refractivity contribution in [3.05, 3.63) is 24.4 Å². The minimum atomic E-state index is 0.261. The minimum Gasteiger partial charge on any atom is -0.339 e. The standard InChI is InChI=1S/C14H20N2OS/c1-2-12-7-4-6-10-16(12)14(17)11-18-13-8-3-5-9-15-13/h3,5,8-9,12H,2,4,6-7,10-11H2,1H3/t12-/m1/s1. The summed E-state index contributed by atoms with van der Waals surface area (Å²) >= 11 is 1.53. The summed E-state index contributed by atoms with van der Waals surface area (Å²) in [5.74, 6) is 0.769. The highest BCUT2D eigenvalue weighted by atomic mass is 32.2. The third kappa shape index (κ3) is 3.48. The van der Waals surface area contributed by atoms with Gasteiger partial charge in [-0.05, 0) is 37.8 Å². The lowest BCUT2D eigenvalue weighted by molar-refractivity contribution is -0.132. The molecule has 1 atom stereocenters. The molecule has 0 aromatic carbocycles. The summed E-state index contributed by atoms with van der Waals surface area (Å²) < 4.78 is 0. The van der Waals surface area contributed by atoms with Crippen molar-refractivity contribution in [3.63, 3.8) is 0 Å². The van der Waals surface area contributed by atoms with Crippen LogP contribution in [0.4, 0.5) is 0 Å². The largest absolute Gasteiger partial charge is 0.339 e. The maximum Gasteiger partial charge on any atom is 0.233 e. The molecule has 1 aliphatic rings. The van der Waals surface area contributed by atoms with Gasteiger partial charge < -0.3 is 4.90 Å². The zero-order valence-corrected chi connectivity index (χ0v) is 11.7. The third-order valence-electron chi connectivity index (χ3n) is 3.40. The number of aromatic nitrogens is 1. The molecule has 1 amide bonds. The predicted molar refractivity (Wildman–Crippen MR) is 74.6 cm³/mol. The zero-order chi connectivity index (χ0) is 12.8. The Hall–Kier alpha value is -1.03. The highest BCUT2D eigenvalue weighted by Gasteiger charge is 2.24. The number of piperidine rings is 1. The van der Waals surface area contributed by atoms with Gasteiger partial charge in [-0.15, -0.1) is 0 Å². The SMILES string of the molecule is CC[C@@H]1CCCCN1C(=O)CSc1ccccn1. The second kappa shape index (κ2) is 6.78. The van der Waals surface area contributed by atoms with Gasteiger partial charge in [0.15, 0.2) is 0 Å². The van der Waals surface area contributed by atoms with E-state index in [2.05, 4.69) is 16.8 Å². The first-order valence-corrected chi connectivity index (χ1v) is 7.63. The number of likely N-dealkylation sites (tertiary alicyclic amines) is 1. The molecule has 3 nitrogen and oxygen atoms in total. The smallest absolute Gasteiger partial charge is 0.233 e. The van der Waals surface area contributed by atoms with E-state index in [0.29, 0.717) is 11.8 Å². The number of carbonyl (C=O) groups excluding carboxylic acids is 1. The monoisotopic (exact) mass is 264 g/mol. The van der Waals surface area contributed by atoms with Crippen molar-refractivity contribution >= 4 is 17.7 Å². The van der Waals surface area contributed by atoms with Crippen LogP contribution in [0.25, 0.3) is 0 Å². The number of pyridine rings is 1. The molecule has 0 unspecified atom stereocenters. The molecule has 0 radical (unpaired) electrons. The van der Waals surface area contributed by atoms with Crippen LogP contribution in [0.15, 0.2) is 29.4 Å². The molecular weight excluding hydrogens is 244 g/mol. The number of hydrogen-bond donors (Lipinski definition) is 0. The summed E-state index contributed by atoms with van der Waals surface area (Å²) in [5.41, 5.74) is 0. The van der Waals surface area contributed by atoms with Gasteiger partial charge in [0.05, 0.1) is 10.8 Å². The summed E-state index contributed by atoms with van der Waals surface area (Å²) in [7, 11) is 0. The average molecular weight is 264 g/mol. The molecular formula is C14H20N2OS. The number of rotatable bonds is 4. The Balaban J connectivity index is 1.87. The Morgan fingerprint density at radius 3 is 3.11 bits per heavy atom. The highest BCUT2D eigenvalue weighted by molar-refractivity contribution is 7.99. The van der Waals surface area contributed by atoms with E-state index >= 15 is 0 Å². The van der Waals surface area contributed by atoms with Gasteiger partial charge >= 0.3 is 0 Å². The summed E-state index contributed by atoms with van der Waals surface area (Å²) in [6, 6.07) is 6.25. The molecule has 1 aromatic rings. The second-order valence-electron chi connectivity index (χ2n) is 4.60. The Morgan fingerprint density at radius 2 is 2.39 bits per heavy atom. The maximum atomic E-state index is 12.2. The first-order chi connectivity index (χ1) is 8.81. The molecule has 4 heteroatoms. The van der Waals surface area contributed by atoms with Gasteiger partial charge in [-0.3, -0.25) is 4.79 Å². The van der Waals surface area contributed by atoms with Crippen molar-refractivity contribution in [2.45, 2.75) is 43.7 Å². The van der Waals surface area contributed by atoms with E-state index in [1.807, 2.05) is 18.2 Å². The molecule has 0 N–H and O–H groups in total. The van der Waals surface area contributed by atoms with Crippen molar-refractivity contribution < 1.29 is 4.79 Å². The normalized spacial score (nSPS) is 19.8. The predicted octanol–water partition coefficient (Wildman–Crippen LogP) is 2.96. The fraction of sp³-hybridized carbons (Fsp3) is 0.571. The van der Waals surface area contributed by atoms with E-state index in [9.17, 15) is 4.79 Å². The Labute approximate surface area is 113 Å². The van der Waals surface area contributed by atoms with Crippen LogP contribution in [0.1, 0.15) is 32.6 Å². The van der Waals surface area contributed by atoms with E-state index in [1.165, 1.54) is 18.2 Å². The number of amides is 1. The Kier molecular flexibility index (Phi) is 5.05. The summed E-state index contributed by atoms with van der Waals surface area (Å²) in [6.45, 7) is 3.10. The van der Waals surface area contributed by atoms with Gasteiger partial charge in [0.25, 0.3) is 0 Å². The van der Waals surface area contributed by atoms with Gasteiger partial charge in [-0.25, -0.2) is 4.98 Å². The summed E-state index contributed by atoms with van der Waals surface area (Å²) in [5, 5.41) is 0.927. The van der Waals surface area contributed by atoms with Gasteiger partial charge in [0.1, 0.15) is 0 Å². The molecule has 98 valence electrons. The molecule has 0 saturated carbocycles. The maximum absolute atomic E-state index is 12.2. The topological polar surface area (TPSA) is 33.2 Å². The first-order valence-electron chi connectivity index (χ1n) is 6.64. The molecule has 2 rings (SSSR count). The van der Waals surface area contributed by atoms with Gasteiger partial charge in [-0.2, -0.15) is 0 Å². The van der Waals surface area contributed by atoms with Crippen LogP contribution in [0, 0.1) is 0 Å². The lowest BCUT2D eigenvalue weighted by Gasteiger charge is -2.35. The summed E-state index contributed by atoms with van der Waals surface area (Å²) in [4.78, 5) is 18.5. The molecule has 1 aliphatic heterocycles. The van der Waals surface area contributed by atoms with E-state index in [4.69, 9.17) is 0 Å². The number of carbonyl (C=O) groups is 1. The lowest BCUT2D eigenvalue weighted by atomic mass is 10.0. The molecule has 0 spiro atoms. The van der Waals surface area contributed by atoms with E-state index in [-0.39, 0.29) is 5.91 Å². The third-order valence-corrected chi connectivity index (χ3v) is 4.33. The molecule has 1 saturated heterocycles. The fourth-order valence-electron chi connectivity index (χ4n) is 2.40. The van der Waals surface area contributed by atoms with Crippen molar-refractivity contribution in [1.82, 2.24) is 9.88 Å². The first kappa shape index (κ1) is 13.4. The van der Waals surface area contributed by atoms with Gasteiger partial charge in [0, 0.05) is 18.8 Å². The summed E-state index contributed by atoms with van der Waals surface area (Å²) in [6.07, 6.45) is 6.41.